The molecule has 0 aromatic rings. The Bertz CT molecular complexity index is 18.5. The SMILES string of the molecule is C1S[S][Ge][S]1. The van der Waals surface area contributed by atoms with Gasteiger partial charge in [-0.25, -0.2) is 0 Å². The minimum absolute atomic E-state index is 0.435. The van der Waals surface area contributed by atoms with E-state index in [0.29, 0.717) is 13.1 Å². The van der Waals surface area contributed by atoms with Gasteiger partial charge in [0, 0.05) is 0 Å². The zero-order valence-corrected chi connectivity index (χ0v) is 6.98. The second-order valence-electron chi connectivity index (χ2n) is 0.547. The fraction of sp³-hybridized carbons (Fsp3) is 1.00. The van der Waals surface area contributed by atoms with Crippen LogP contribution in [0.25, 0.3) is 0 Å². The molecule has 0 aliphatic carbocycles. The molecule has 0 atom stereocenters. The first-order valence-electron chi connectivity index (χ1n) is 1.15. The van der Waals surface area contributed by atoms with Gasteiger partial charge in [0.15, 0.2) is 0 Å². The van der Waals surface area contributed by atoms with Crippen LogP contribution in [0.3, 0.4) is 0 Å². The Morgan fingerprint density at radius 2 is 2.60 bits per heavy atom. The van der Waals surface area contributed by atoms with Crippen molar-refractivity contribution in [2.45, 2.75) is 0 Å². The molecule has 5 heavy (non-hydrogen) atoms. The first-order chi connectivity index (χ1) is 2.50. The van der Waals surface area contributed by atoms with Crippen LogP contribution in [-0.2, 0) is 0 Å². The predicted molar refractivity (Wildman–Crippen MR) is 33.4 cm³/mol. The molecule has 1 aliphatic rings. The van der Waals surface area contributed by atoms with Crippen molar-refractivity contribution < 1.29 is 0 Å². The van der Waals surface area contributed by atoms with Crippen LogP contribution < -0.4 is 0 Å². The average molecular weight is 183 g/mol. The van der Waals surface area contributed by atoms with E-state index in [-0.39, 0.29) is 0 Å². The molecule has 4 heteroatoms. The Morgan fingerprint density at radius 3 is 2.80 bits per heavy atom. The van der Waals surface area contributed by atoms with Crippen LogP contribution in [0.5, 0.6) is 0 Å². The predicted octanol–water partition coefficient (Wildman–Crippen LogP) is 1.61. The Balaban J connectivity index is 2.08. The van der Waals surface area contributed by atoms with Gasteiger partial charge in [-0.1, -0.05) is 0 Å². The van der Waals surface area contributed by atoms with Crippen molar-refractivity contribution in [2.24, 2.45) is 0 Å². The van der Waals surface area contributed by atoms with Crippen LogP contribution in [0.2, 0.25) is 0 Å². The van der Waals surface area contributed by atoms with Crippen molar-refractivity contribution in [2.75, 3.05) is 5.08 Å². The topological polar surface area (TPSA) is 0 Å². The van der Waals surface area contributed by atoms with E-state index in [2.05, 4.69) is 19.2 Å². The summed E-state index contributed by atoms with van der Waals surface area (Å²) >= 11 is 0.435. The van der Waals surface area contributed by atoms with Crippen molar-refractivity contribution >= 4 is 43.1 Å². The summed E-state index contributed by atoms with van der Waals surface area (Å²) in [6, 6.07) is 0. The van der Waals surface area contributed by atoms with E-state index in [0.717, 1.165) is 0 Å². The summed E-state index contributed by atoms with van der Waals surface area (Å²) in [5.74, 6) is 0. The third-order valence-electron chi connectivity index (χ3n) is 0.259. The van der Waals surface area contributed by atoms with Gasteiger partial charge in [-0.2, -0.15) is 0 Å². The van der Waals surface area contributed by atoms with E-state index in [1.165, 1.54) is 5.08 Å². The molecule has 1 fully saturated rings. The van der Waals surface area contributed by atoms with Crippen molar-refractivity contribution in [3.05, 3.63) is 0 Å². The summed E-state index contributed by atoms with van der Waals surface area (Å²) in [7, 11) is 6.21. The van der Waals surface area contributed by atoms with Crippen LogP contribution in [0, 0.1) is 0 Å². The monoisotopic (exact) mass is 184 g/mol. The van der Waals surface area contributed by atoms with E-state index in [1.807, 2.05) is 10.8 Å². The molecule has 0 bridgehead atoms. The summed E-state index contributed by atoms with van der Waals surface area (Å²) in [6.07, 6.45) is 0. The third-order valence-corrected chi connectivity index (χ3v) is 14.3. The van der Waals surface area contributed by atoms with E-state index in [1.54, 1.807) is 0 Å². The summed E-state index contributed by atoms with van der Waals surface area (Å²) in [6.45, 7) is 0. The second kappa shape index (κ2) is 2.71. The van der Waals surface area contributed by atoms with Crippen molar-refractivity contribution in [3.63, 3.8) is 0 Å². The minimum atomic E-state index is 0.435. The van der Waals surface area contributed by atoms with Crippen molar-refractivity contribution in [1.29, 1.82) is 0 Å². The first kappa shape index (κ1) is 4.74. The Hall–Kier alpha value is 1.59. The summed E-state index contributed by atoms with van der Waals surface area (Å²) in [5, 5.41) is 1.35. The molecule has 0 spiro atoms. The summed E-state index contributed by atoms with van der Waals surface area (Å²) in [4.78, 5) is 0. The number of rotatable bonds is 0. The maximum atomic E-state index is 2.12. The van der Waals surface area contributed by atoms with Gasteiger partial charge in [0.1, 0.15) is 0 Å². The van der Waals surface area contributed by atoms with Gasteiger partial charge in [0.25, 0.3) is 0 Å². The van der Waals surface area contributed by atoms with Gasteiger partial charge in [0.2, 0.25) is 0 Å². The summed E-state index contributed by atoms with van der Waals surface area (Å²) in [5.41, 5.74) is 0. The fourth-order valence-corrected chi connectivity index (χ4v) is 16.9. The van der Waals surface area contributed by atoms with Crippen LogP contribution in [0.15, 0.2) is 0 Å². The Labute approximate surface area is 48.1 Å². The molecule has 1 saturated heterocycles. The van der Waals surface area contributed by atoms with Gasteiger partial charge >= 0.3 is 48.2 Å². The van der Waals surface area contributed by atoms with E-state index >= 15 is 0 Å². The normalized spacial score (nSPS) is 24.0. The quantitative estimate of drug-likeness (QED) is 0.413. The molecule has 1 heterocycles. The average Bonchev–Trinajstić information content (AvgIpc) is 1.76. The van der Waals surface area contributed by atoms with Crippen LogP contribution in [-0.4, -0.2) is 18.2 Å². The maximum absolute atomic E-state index is 2.12. The second-order valence-corrected chi connectivity index (χ2v) is 12.2. The molecular weight excluding hydrogens is 181 g/mol. The molecule has 0 nitrogen and oxygen atoms in total. The van der Waals surface area contributed by atoms with Crippen LogP contribution >= 0.6 is 30.0 Å². The zero-order chi connectivity index (χ0) is 3.54. The third kappa shape index (κ3) is 1.66. The van der Waals surface area contributed by atoms with Gasteiger partial charge < -0.3 is 0 Å². The number of hydrogen-bond donors (Lipinski definition) is 0. The van der Waals surface area contributed by atoms with Gasteiger partial charge in [-0.05, 0) is 0 Å². The Kier molecular flexibility index (Phi) is 2.58. The molecule has 0 aromatic heterocycles. The van der Waals surface area contributed by atoms with E-state index < -0.39 is 0 Å². The zero-order valence-electron chi connectivity index (χ0n) is 2.43. The molecule has 1 aliphatic heterocycles. The van der Waals surface area contributed by atoms with Gasteiger partial charge in [-0.15, -0.1) is 0 Å². The standard InChI is InChI=1S/CH2GeS3/c1-3-2-5-4-1/h1H2. The summed E-state index contributed by atoms with van der Waals surface area (Å²) < 4.78 is 0. The molecular formula is CH2GeS3. The van der Waals surface area contributed by atoms with Crippen LogP contribution in [0.1, 0.15) is 0 Å². The van der Waals surface area contributed by atoms with Crippen molar-refractivity contribution in [3.8, 4) is 0 Å². The molecule has 0 amide bonds. The van der Waals surface area contributed by atoms with Gasteiger partial charge in [0.05, 0.1) is 0 Å². The Morgan fingerprint density at radius 1 is 1.60 bits per heavy atom. The van der Waals surface area contributed by atoms with Gasteiger partial charge in [-0.3, -0.25) is 0 Å². The molecule has 28 valence electrons. The van der Waals surface area contributed by atoms with E-state index in [9.17, 15) is 0 Å². The molecule has 2 radical (unpaired) electrons. The number of hydrogen-bond acceptors (Lipinski definition) is 3. The molecule has 0 unspecified atom stereocenters. The fourth-order valence-electron chi connectivity index (χ4n) is 0.120. The molecule has 1 rings (SSSR count). The van der Waals surface area contributed by atoms with E-state index in [4.69, 9.17) is 0 Å². The van der Waals surface area contributed by atoms with Crippen molar-refractivity contribution in [1.82, 2.24) is 0 Å². The van der Waals surface area contributed by atoms with Crippen LogP contribution in [0.4, 0.5) is 0 Å². The first-order valence-corrected chi connectivity index (χ1v) is 9.60. The molecule has 0 aromatic carbocycles. The molecule has 0 N–H and O–H groups in total. The molecule has 0 saturated carbocycles.